The molecule has 0 aliphatic heterocycles. The van der Waals surface area contributed by atoms with Crippen LogP contribution in [0.25, 0.3) is 10.9 Å². The number of hydrogen-bond acceptors (Lipinski definition) is 4. The third kappa shape index (κ3) is 6.41. The number of carbonyl (C=O) groups is 1. The van der Waals surface area contributed by atoms with Gasteiger partial charge < -0.3 is 10.4 Å². The molecule has 0 spiro atoms. The van der Waals surface area contributed by atoms with Crippen LogP contribution in [-0.2, 0) is 56.4 Å². The number of Topliss-reactive ketones (excluding diaryl/α,β-unsaturated/α-hetero) is 1. The number of aliphatic hydroxyl groups excluding tert-OH is 1. The molecule has 1 heterocycles. The van der Waals surface area contributed by atoms with E-state index in [1.165, 1.54) is 0 Å². The number of hydrogen-bond donors (Lipinski definition) is 2. The molecule has 0 amide bonds. The molecule has 0 aliphatic carbocycles. The number of aliphatic hydroxyl groups is 1. The first-order valence-corrected chi connectivity index (χ1v) is 9.76. The number of pyridine rings is 1. The van der Waals surface area contributed by atoms with Crippen molar-refractivity contribution in [2.75, 3.05) is 0 Å². The normalized spacial score (nSPS) is 13.9. The van der Waals surface area contributed by atoms with Crippen molar-refractivity contribution in [3.8, 4) is 0 Å². The molecule has 2 aromatic carbocycles. The molecule has 2 atom stereocenters. The minimum Gasteiger partial charge on any atom is -0.386 e. The Hall–Kier alpha value is -1.88. The van der Waals surface area contributed by atoms with Crippen LogP contribution in [0.1, 0.15) is 41.0 Å². The van der Waals surface area contributed by atoms with E-state index in [2.05, 4.69) is 16.4 Å². The maximum Gasteiger partial charge on any atom is 0.433 e. The summed E-state index contributed by atoms with van der Waals surface area (Å²) in [5, 5.41) is 13.3. The molecule has 0 saturated heterocycles. The van der Waals surface area contributed by atoms with E-state index in [0.717, 1.165) is 24.6 Å². The van der Waals surface area contributed by atoms with Crippen LogP contribution < -0.4 is 5.32 Å². The number of halogens is 6. The van der Waals surface area contributed by atoms with Crippen LogP contribution in [0, 0.1) is 13.0 Å². The van der Waals surface area contributed by atoms with Crippen molar-refractivity contribution in [3.05, 3.63) is 76.5 Å². The fourth-order valence-corrected chi connectivity index (χ4v) is 3.42. The van der Waals surface area contributed by atoms with Crippen molar-refractivity contribution in [2.24, 2.45) is 0 Å². The molecular weight excluding hydrogens is 539 g/mol. The van der Waals surface area contributed by atoms with E-state index in [4.69, 9.17) is 0 Å². The maximum atomic E-state index is 13.4. The van der Waals surface area contributed by atoms with E-state index < -0.39 is 52.6 Å². The zero-order valence-electron chi connectivity index (χ0n) is 18.1. The Kier molecular flexibility index (Phi) is 9.01. The number of carbonyl (C=O) groups excluding carboxylic acids is 1. The van der Waals surface area contributed by atoms with E-state index in [1.807, 2.05) is 6.92 Å². The smallest absolute Gasteiger partial charge is 0.386 e. The first-order chi connectivity index (χ1) is 15.3. The van der Waals surface area contributed by atoms with E-state index in [9.17, 15) is 36.2 Å². The van der Waals surface area contributed by atoms with Gasteiger partial charge in [-0.05, 0) is 31.2 Å². The Balaban J connectivity index is 0.00000408. The monoisotopic (exact) mass is 558 g/mol. The molecule has 0 saturated carbocycles. The van der Waals surface area contributed by atoms with Crippen molar-refractivity contribution in [3.63, 3.8) is 0 Å². The number of fused-ring (bicyclic) bond motifs is 1. The van der Waals surface area contributed by atoms with Crippen molar-refractivity contribution < 1.29 is 69.0 Å². The van der Waals surface area contributed by atoms with Crippen LogP contribution in [-0.4, -0.2) is 21.9 Å². The van der Waals surface area contributed by atoms with Crippen LogP contribution in [0.15, 0.2) is 42.5 Å². The van der Waals surface area contributed by atoms with Crippen molar-refractivity contribution in [1.29, 1.82) is 0 Å². The van der Waals surface area contributed by atoms with Crippen molar-refractivity contribution in [2.45, 2.75) is 44.9 Å². The van der Waals surface area contributed by atoms with Gasteiger partial charge in [-0.2, -0.15) is 56.2 Å². The van der Waals surface area contributed by atoms with Crippen molar-refractivity contribution in [1.82, 2.24) is 10.3 Å². The van der Waals surface area contributed by atoms with Gasteiger partial charge in [-0.25, -0.2) is 4.98 Å². The van der Waals surface area contributed by atoms with Gasteiger partial charge in [0.1, 0.15) is 17.6 Å². The van der Waals surface area contributed by atoms with Crippen LogP contribution >= 0.6 is 0 Å². The molecular formula is C23H19F6N2O2Y-. The number of aryl methyl sites for hydroxylation is 1. The number of benzene rings is 2. The van der Waals surface area contributed by atoms with Gasteiger partial charge in [0.2, 0.25) is 0 Å². The summed E-state index contributed by atoms with van der Waals surface area (Å²) in [6.45, 7) is 3.01. The van der Waals surface area contributed by atoms with Crippen molar-refractivity contribution >= 4 is 16.7 Å². The van der Waals surface area contributed by atoms with E-state index in [0.29, 0.717) is 17.7 Å². The zero-order valence-corrected chi connectivity index (χ0v) is 20.9. The second-order valence-electron chi connectivity index (χ2n) is 7.60. The molecule has 4 nitrogen and oxygen atoms in total. The number of aromatic nitrogens is 1. The van der Waals surface area contributed by atoms with Gasteiger partial charge in [0.25, 0.3) is 0 Å². The third-order valence-electron chi connectivity index (χ3n) is 5.08. The average molecular weight is 558 g/mol. The molecule has 2 N–H and O–H groups in total. The quantitative estimate of drug-likeness (QED) is 0.324. The number of rotatable bonds is 6. The summed E-state index contributed by atoms with van der Waals surface area (Å²) in [7, 11) is 0. The number of nitrogens with one attached hydrogen (secondary N) is 1. The zero-order chi connectivity index (χ0) is 24.6. The minimum atomic E-state index is -5.07. The maximum absolute atomic E-state index is 13.4. The molecule has 1 aromatic heterocycles. The Labute approximate surface area is 216 Å². The molecule has 3 rings (SSSR count). The molecule has 179 valence electrons. The summed E-state index contributed by atoms with van der Waals surface area (Å²) in [6.07, 6.45) is -11.9. The molecule has 11 heteroatoms. The number of ketones is 1. The Bertz CT molecular complexity index is 1160. The number of para-hydroxylation sites is 1. The van der Waals surface area contributed by atoms with Gasteiger partial charge in [0.15, 0.2) is 0 Å². The van der Waals surface area contributed by atoms with Crippen LogP contribution in [0.3, 0.4) is 0 Å². The predicted octanol–water partition coefficient (Wildman–Crippen LogP) is 5.16. The van der Waals surface area contributed by atoms with Gasteiger partial charge >= 0.3 is 12.4 Å². The molecule has 0 fully saturated rings. The fourth-order valence-electron chi connectivity index (χ4n) is 3.42. The molecule has 3 aromatic rings. The Morgan fingerprint density at radius 2 is 1.79 bits per heavy atom. The van der Waals surface area contributed by atoms with E-state index >= 15 is 0 Å². The molecule has 0 aliphatic rings. The standard InChI is InChI=1S/C23H19F6N2O2.Y/c1-12-6-8-14(9-7-12)11-30-19(13(2)32)21(33)16-10-18(23(27,28)29)31-20-15(16)4-3-5-17(20)22(24,25)26;/h3-8,10,19,21,30,33H,11H2,1-2H3;/q-1;. The Morgan fingerprint density at radius 3 is 2.32 bits per heavy atom. The molecule has 34 heavy (non-hydrogen) atoms. The fraction of sp³-hybridized carbons (Fsp3) is 0.304. The SMILES string of the molecule is CC(=O)C(NCc1[c-]cc(C)cc1)C(O)c1cc(C(F)(F)F)nc2c(C(F)(F)F)cccc12.[Y]. The second kappa shape index (κ2) is 10.8. The summed E-state index contributed by atoms with van der Waals surface area (Å²) in [5.41, 5.74) is -2.86. The minimum absolute atomic E-state index is 0. The van der Waals surface area contributed by atoms with E-state index in [-0.39, 0.29) is 44.6 Å². The van der Waals surface area contributed by atoms with Gasteiger partial charge in [-0.1, -0.05) is 19.1 Å². The van der Waals surface area contributed by atoms with Gasteiger partial charge in [-0.3, -0.25) is 4.79 Å². The van der Waals surface area contributed by atoms with Crippen LogP contribution in [0.2, 0.25) is 0 Å². The van der Waals surface area contributed by atoms with Crippen LogP contribution in [0.5, 0.6) is 0 Å². The summed E-state index contributed by atoms with van der Waals surface area (Å²) < 4.78 is 80.7. The van der Waals surface area contributed by atoms with Gasteiger partial charge in [-0.15, -0.1) is 5.56 Å². The second-order valence-corrected chi connectivity index (χ2v) is 7.60. The molecule has 2 unspecified atom stereocenters. The number of nitrogens with zero attached hydrogens (tertiary/aromatic N) is 1. The van der Waals surface area contributed by atoms with Gasteiger partial charge in [0, 0.05) is 38.1 Å². The van der Waals surface area contributed by atoms with Gasteiger partial charge in [0.05, 0.1) is 17.1 Å². The molecule has 0 bridgehead atoms. The summed E-state index contributed by atoms with van der Waals surface area (Å²) >= 11 is 0. The van der Waals surface area contributed by atoms with E-state index in [1.54, 1.807) is 18.2 Å². The molecule has 1 radical (unpaired) electrons. The Morgan fingerprint density at radius 1 is 1.12 bits per heavy atom. The summed E-state index contributed by atoms with van der Waals surface area (Å²) in [6, 6.07) is 9.98. The topological polar surface area (TPSA) is 62.2 Å². The number of alkyl halides is 6. The largest absolute Gasteiger partial charge is 0.433 e. The third-order valence-corrected chi connectivity index (χ3v) is 5.08. The first-order valence-electron chi connectivity index (χ1n) is 9.76. The predicted molar refractivity (Wildman–Crippen MR) is 108 cm³/mol. The first kappa shape index (κ1) is 28.4. The van der Waals surface area contributed by atoms with Crippen LogP contribution in [0.4, 0.5) is 26.3 Å². The summed E-state index contributed by atoms with van der Waals surface area (Å²) in [4.78, 5) is 15.4. The average Bonchev–Trinajstić information content (AvgIpc) is 2.72. The summed E-state index contributed by atoms with van der Waals surface area (Å²) in [5.74, 6) is -0.611.